The quantitative estimate of drug-likeness (QED) is 0.182. The fraction of sp³-hybridized carbons (Fsp3) is 0.111. The van der Waals surface area contributed by atoms with E-state index in [0.717, 1.165) is 33.7 Å². The maximum atomic E-state index is 13.4. The van der Waals surface area contributed by atoms with Crippen molar-refractivity contribution in [1.29, 1.82) is 0 Å². The lowest BCUT2D eigenvalue weighted by molar-refractivity contribution is 0.627. The molecule has 0 spiro atoms. The van der Waals surface area contributed by atoms with Gasteiger partial charge in [-0.15, -0.1) is 22.7 Å². The molecule has 0 saturated heterocycles. The van der Waals surface area contributed by atoms with Crippen LogP contribution in [0.15, 0.2) is 109 Å². The Balaban J connectivity index is 1.27. The molecule has 2 aromatic heterocycles. The largest absolute Gasteiger partial charge is 0.207 e. The summed E-state index contributed by atoms with van der Waals surface area (Å²) in [5.41, 5.74) is 9.70. The first-order chi connectivity index (χ1) is 19.4. The highest BCUT2D eigenvalue weighted by Gasteiger charge is 2.12. The van der Waals surface area contributed by atoms with E-state index in [4.69, 9.17) is 0 Å². The Kier molecular flexibility index (Phi) is 7.46. The minimum absolute atomic E-state index is 0.212. The second kappa shape index (κ2) is 11.3. The van der Waals surface area contributed by atoms with Crippen LogP contribution in [0.25, 0.3) is 32.0 Å². The third kappa shape index (κ3) is 5.84. The molecule has 4 heteroatoms. The first-order valence-corrected chi connectivity index (χ1v) is 14.9. The highest BCUT2D eigenvalue weighted by molar-refractivity contribution is 7.15. The Morgan fingerprint density at radius 3 is 1.60 bits per heavy atom. The molecular formula is C36H28F2S2. The summed E-state index contributed by atoms with van der Waals surface area (Å²) in [4.78, 5) is 4.87. The van der Waals surface area contributed by atoms with Crippen LogP contribution in [0.3, 0.4) is 0 Å². The van der Waals surface area contributed by atoms with Crippen molar-refractivity contribution in [2.45, 2.75) is 26.7 Å². The van der Waals surface area contributed by atoms with Gasteiger partial charge in [-0.25, -0.2) is 8.78 Å². The van der Waals surface area contributed by atoms with Crippen LogP contribution in [-0.2, 0) is 12.8 Å². The van der Waals surface area contributed by atoms with Gasteiger partial charge in [-0.05, 0) is 101 Å². The first kappa shape index (κ1) is 26.4. The maximum Gasteiger partial charge on any atom is 0.123 e. The van der Waals surface area contributed by atoms with Crippen LogP contribution < -0.4 is 0 Å². The molecule has 0 radical (unpaired) electrons. The molecule has 198 valence electrons. The van der Waals surface area contributed by atoms with Crippen molar-refractivity contribution in [2.75, 3.05) is 0 Å². The molecule has 0 amide bonds. The van der Waals surface area contributed by atoms with Crippen LogP contribution >= 0.6 is 22.7 Å². The van der Waals surface area contributed by atoms with E-state index in [1.807, 2.05) is 24.3 Å². The summed E-state index contributed by atoms with van der Waals surface area (Å²) in [6, 6.07) is 35.6. The van der Waals surface area contributed by atoms with Crippen molar-refractivity contribution >= 4 is 22.7 Å². The number of benzene rings is 4. The zero-order valence-electron chi connectivity index (χ0n) is 22.4. The number of rotatable bonds is 7. The van der Waals surface area contributed by atoms with Gasteiger partial charge < -0.3 is 0 Å². The normalized spacial score (nSPS) is 11.2. The average Bonchev–Trinajstić information content (AvgIpc) is 3.61. The maximum absolute atomic E-state index is 13.4. The zero-order chi connectivity index (χ0) is 27.6. The minimum atomic E-state index is -0.213. The van der Waals surface area contributed by atoms with Gasteiger partial charge in [-0.1, -0.05) is 66.2 Å². The lowest BCUT2D eigenvalue weighted by atomic mass is 9.92. The summed E-state index contributed by atoms with van der Waals surface area (Å²) in [5, 5.41) is 0. The number of aryl methyl sites for hydroxylation is 2. The molecule has 2 heterocycles. The summed E-state index contributed by atoms with van der Waals surface area (Å²) in [6.45, 7) is 4.31. The lowest BCUT2D eigenvalue weighted by Gasteiger charge is -2.13. The molecule has 6 aromatic rings. The second-order valence-corrected chi connectivity index (χ2v) is 12.5. The van der Waals surface area contributed by atoms with E-state index >= 15 is 0 Å². The fourth-order valence-corrected chi connectivity index (χ4v) is 7.11. The number of hydrogen-bond donors (Lipinski definition) is 0. The smallest absolute Gasteiger partial charge is 0.123 e. The van der Waals surface area contributed by atoms with Gasteiger partial charge in [0.15, 0.2) is 0 Å². The topological polar surface area (TPSA) is 0 Å². The van der Waals surface area contributed by atoms with E-state index in [-0.39, 0.29) is 11.6 Å². The van der Waals surface area contributed by atoms with Crippen LogP contribution in [-0.4, -0.2) is 0 Å². The predicted octanol–water partition coefficient (Wildman–Crippen LogP) is 10.9. The van der Waals surface area contributed by atoms with E-state index in [1.165, 1.54) is 67.4 Å². The van der Waals surface area contributed by atoms with Crippen molar-refractivity contribution in [3.63, 3.8) is 0 Å². The lowest BCUT2D eigenvalue weighted by Crippen LogP contribution is -1.95. The number of thiophene rings is 2. The molecule has 0 saturated carbocycles. The Labute approximate surface area is 242 Å². The molecule has 0 bridgehead atoms. The summed E-state index contributed by atoms with van der Waals surface area (Å²) < 4.78 is 26.8. The molecule has 0 N–H and O–H groups in total. The Hall–Kier alpha value is -3.86. The fourth-order valence-electron chi connectivity index (χ4n) is 5.04. The van der Waals surface area contributed by atoms with Gasteiger partial charge in [0.05, 0.1) is 0 Å². The van der Waals surface area contributed by atoms with Gasteiger partial charge in [0.1, 0.15) is 11.6 Å². The summed E-state index contributed by atoms with van der Waals surface area (Å²) >= 11 is 3.53. The highest BCUT2D eigenvalue weighted by Crippen LogP contribution is 2.35. The van der Waals surface area contributed by atoms with E-state index in [9.17, 15) is 8.78 Å². The van der Waals surface area contributed by atoms with Crippen molar-refractivity contribution < 1.29 is 8.78 Å². The SMILES string of the molecule is Cc1ccc(-c2ccc(C)c(Cc3ccc(-c4ccc(F)cc4)s3)c2)c(Cc2ccc(-c3ccc(F)cc3)s2)c1. The molecule has 0 aliphatic carbocycles. The van der Waals surface area contributed by atoms with E-state index in [2.05, 4.69) is 74.5 Å². The molecule has 0 fully saturated rings. The minimum Gasteiger partial charge on any atom is -0.207 e. The first-order valence-electron chi connectivity index (χ1n) is 13.3. The molecule has 0 aliphatic rings. The summed E-state index contributed by atoms with van der Waals surface area (Å²) in [5.74, 6) is -0.425. The van der Waals surface area contributed by atoms with E-state index in [0.29, 0.717) is 0 Å². The zero-order valence-corrected chi connectivity index (χ0v) is 24.0. The summed E-state index contributed by atoms with van der Waals surface area (Å²) in [7, 11) is 0. The van der Waals surface area contributed by atoms with Gasteiger partial charge in [0.2, 0.25) is 0 Å². The van der Waals surface area contributed by atoms with Crippen molar-refractivity contribution in [3.8, 4) is 32.0 Å². The molecule has 6 rings (SSSR count). The van der Waals surface area contributed by atoms with Gasteiger partial charge in [0.25, 0.3) is 0 Å². The standard InChI is InChI=1S/C36H28F2S2/c1-23-3-16-34(29(19-23)22-33-15-18-36(40-33)26-8-12-31(38)13-9-26)27-5-4-24(2)28(20-27)21-32-14-17-35(39-32)25-6-10-30(37)11-7-25/h3-20H,21-22H2,1-2H3. The summed E-state index contributed by atoms with van der Waals surface area (Å²) in [6.07, 6.45) is 1.71. The average molecular weight is 563 g/mol. The van der Waals surface area contributed by atoms with Gasteiger partial charge in [-0.3, -0.25) is 0 Å². The molecule has 40 heavy (non-hydrogen) atoms. The third-order valence-corrected chi connectivity index (χ3v) is 9.50. The van der Waals surface area contributed by atoms with Crippen LogP contribution in [0, 0.1) is 25.5 Å². The van der Waals surface area contributed by atoms with Gasteiger partial charge in [0, 0.05) is 32.4 Å². The molecule has 0 atom stereocenters. The third-order valence-electron chi connectivity index (χ3n) is 7.23. The molecule has 0 aliphatic heterocycles. The predicted molar refractivity (Wildman–Crippen MR) is 166 cm³/mol. The second-order valence-electron chi connectivity index (χ2n) is 10.2. The number of halogens is 2. The van der Waals surface area contributed by atoms with Crippen molar-refractivity contribution in [2.24, 2.45) is 0 Å². The van der Waals surface area contributed by atoms with E-state index < -0.39 is 0 Å². The monoisotopic (exact) mass is 562 g/mol. The molecular weight excluding hydrogens is 535 g/mol. The van der Waals surface area contributed by atoms with Crippen LogP contribution in [0.5, 0.6) is 0 Å². The Bertz CT molecular complexity index is 1770. The molecule has 0 unspecified atom stereocenters. The van der Waals surface area contributed by atoms with Crippen LogP contribution in [0.2, 0.25) is 0 Å². The van der Waals surface area contributed by atoms with Gasteiger partial charge in [-0.2, -0.15) is 0 Å². The van der Waals surface area contributed by atoms with Gasteiger partial charge >= 0.3 is 0 Å². The molecule has 0 nitrogen and oxygen atoms in total. The van der Waals surface area contributed by atoms with E-state index in [1.54, 1.807) is 22.7 Å². The van der Waals surface area contributed by atoms with Crippen molar-refractivity contribution in [3.05, 3.63) is 153 Å². The van der Waals surface area contributed by atoms with Crippen molar-refractivity contribution in [1.82, 2.24) is 0 Å². The van der Waals surface area contributed by atoms with Crippen LogP contribution in [0.4, 0.5) is 8.78 Å². The number of hydrogen-bond acceptors (Lipinski definition) is 2. The van der Waals surface area contributed by atoms with Crippen LogP contribution in [0.1, 0.15) is 32.0 Å². The Morgan fingerprint density at radius 1 is 0.500 bits per heavy atom. The molecule has 4 aromatic carbocycles. The Morgan fingerprint density at radius 2 is 1.02 bits per heavy atom. The highest BCUT2D eigenvalue weighted by atomic mass is 32.1.